The molecule has 218 valence electrons. The molecule has 0 aromatic heterocycles. The maximum absolute atomic E-state index is 6.50. The van der Waals surface area contributed by atoms with Gasteiger partial charge in [-0.2, -0.15) is 0 Å². The van der Waals surface area contributed by atoms with Crippen LogP contribution in [0.5, 0.6) is 0 Å². The van der Waals surface area contributed by atoms with Crippen LogP contribution in [0.3, 0.4) is 0 Å². The van der Waals surface area contributed by atoms with E-state index in [0.29, 0.717) is 5.41 Å². The highest BCUT2D eigenvalue weighted by atomic mass is 28.4. The van der Waals surface area contributed by atoms with Crippen LogP contribution in [0.25, 0.3) is 0 Å². The highest BCUT2D eigenvalue weighted by Gasteiger charge is 2.42. The molecule has 4 nitrogen and oxygen atoms in total. The van der Waals surface area contributed by atoms with E-state index in [9.17, 15) is 0 Å². The molecule has 0 aromatic rings. The Balaban J connectivity index is 6.15. The average Bonchev–Trinajstić information content (AvgIpc) is 2.88. The lowest BCUT2D eigenvalue weighted by Gasteiger charge is -2.44. The summed E-state index contributed by atoms with van der Waals surface area (Å²) in [4.78, 5) is 8.27. The van der Waals surface area contributed by atoms with Crippen molar-refractivity contribution in [3.05, 3.63) is 0 Å². The standard InChI is InChI=1S/C31H69N3OSi/c1-10-21-32(22-11-2)27-18-31(30-36(16-7,17-8)35-9,19-28-33(23-12-3)24-13-4)20-29-34(25-14-5)26-15-6/h10-30H2,1-9H3. The van der Waals surface area contributed by atoms with Gasteiger partial charge in [-0.15, -0.1) is 0 Å². The number of nitrogens with zero attached hydrogens (tertiary/aromatic N) is 3. The zero-order valence-corrected chi connectivity index (χ0v) is 27.6. The fraction of sp³-hybridized carbons (Fsp3) is 1.00. The van der Waals surface area contributed by atoms with Crippen LogP contribution in [-0.4, -0.2) is 89.0 Å². The van der Waals surface area contributed by atoms with Gasteiger partial charge < -0.3 is 19.1 Å². The van der Waals surface area contributed by atoms with Gasteiger partial charge in [0.2, 0.25) is 0 Å². The van der Waals surface area contributed by atoms with Crippen LogP contribution in [0.2, 0.25) is 18.1 Å². The summed E-state index contributed by atoms with van der Waals surface area (Å²) in [5, 5.41) is 0. The molecule has 0 aromatic carbocycles. The second kappa shape index (κ2) is 21.9. The van der Waals surface area contributed by atoms with Crippen molar-refractivity contribution in [3.8, 4) is 0 Å². The van der Waals surface area contributed by atoms with E-state index in [0.717, 1.165) is 0 Å². The van der Waals surface area contributed by atoms with Crippen LogP contribution >= 0.6 is 0 Å². The van der Waals surface area contributed by atoms with E-state index in [4.69, 9.17) is 4.43 Å². The summed E-state index contributed by atoms with van der Waals surface area (Å²) >= 11 is 0. The van der Waals surface area contributed by atoms with Gasteiger partial charge in [0.15, 0.2) is 8.32 Å². The number of rotatable bonds is 26. The number of hydrogen-bond acceptors (Lipinski definition) is 4. The maximum atomic E-state index is 6.50. The summed E-state index contributed by atoms with van der Waals surface area (Å²) in [6.07, 6.45) is 11.6. The third kappa shape index (κ3) is 14.3. The van der Waals surface area contributed by atoms with Gasteiger partial charge >= 0.3 is 0 Å². The van der Waals surface area contributed by atoms with E-state index in [1.807, 2.05) is 7.11 Å². The highest BCUT2D eigenvalue weighted by molar-refractivity contribution is 6.73. The molecule has 0 fully saturated rings. The molecule has 0 aliphatic heterocycles. The maximum Gasteiger partial charge on any atom is 0.192 e. The summed E-state index contributed by atoms with van der Waals surface area (Å²) in [6.45, 7) is 30.1. The summed E-state index contributed by atoms with van der Waals surface area (Å²) < 4.78 is 6.50. The molecule has 0 radical (unpaired) electrons. The van der Waals surface area contributed by atoms with E-state index in [1.54, 1.807) is 0 Å². The number of hydrogen-bond donors (Lipinski definition) is 0. The van der Waals surface area contributed by atoms with E-state index in [2.05, 4.69) is 70.1 Å². The molecule has 0 saturated heterocycles. The van der Waals surface area contributed by atoms with Crippen molar-refractivity contribution >= 4 is 8.32 Å². The minimum Gasteiger partial charge on any atom is -0.420 e. The Morgan fingerprint density at radius 2 is 0.750 bits per heavy atom. The fourth-order valence-corrected chi connectivity index (χ4v) is 9.89. The average molecular weight is 528 g/mol. The normalized spacial score (nSPS) is 13.0. The van der Waals surface area contributed by atoms with Crippen LogP contribution in [0.4, 0.5) is 0 Å². The van der Waals surface area contributed by atoms with Crippen molar-refractivity contribution in [1.29, 1.82) is 0 Å². The van der Waals surface area contributed by atoms with Crippen LogP contribution in [-0.2, 0) is 4.43 Å². The molecule has 0 unspecified atom stereocenters. The lowest BCUT2D eigenvalue weighted by atomic mass is 9.79. The third-order valence-electron chi connectivity index (χ3n) is 8.53. The quantitative estimate of drug-likeness (QED) is 0.106. The molecule has 36 heavy (non-hydrogen) atoms. The summed E-state index contributed by atoms with van der Waals surface area (Å²) in [7, 11) is 0.298. The van der Waals surface area contributed by atoms with E-state index < -0.39 is 8.32 Å². The van der Waals surface area contributed by atoms with Gasteiger partial charge in [0.1, 0.15) is 0 Å². The Hall–Kier alpha value is 0.0569. The lowest BCUT2D eigenvalue weighted by molar-refractivity contribution is 0.129. The predicted molar refractivity (Wildman–Crippen MR) is 166 cm³/mol. The van der Waals surface area contributed by atoms with E-state index in [1.165, 1.54) is 135 Å². The second-order valence-electron chi connectivity index (χ2n) is 11.5. The molecule has 0 amide bonds. The van der Waals surface area contributed by atoms with Gasteiger partial charge in [-0.3, -0.25) is 0 Å². The first-order valence-corrected chi connectivity index (χ1v) is 18.6. The van der Waals surface area contributed by atoms with E-state index >= 15 is 0 Å². The Morgan fingerprint density at radius 3 is 0.944 bits per heavy atom. The first kappa shape index (κ1) is 36.1. The molecule has 0 aliphatic rings. The molecule has 0 saturated carbocycles. The van der Waals surface area contributed by atoms with E-state index in [-0.39, 0.29) is 0 Å². The summed E-state index contributed by atoms with van der Waals surface area (Å²) in [5.74, 6) is 0. The molecule has 0 N–H and O–H groups in total. The molecule has 0 aliphatic carbocycles. The SMILES string of the molecule is CCCN(CCC)CCC(CCN(CCC)CCC)(CCN(CCC)CCC)C[Si](CC)(CC)OC. The Labute approximate surface area is 230 Å². The van der Waals surface area contributed by atoms with Crippen LogP contribution < -0.4 is 0 Å². The smallest absolute Gasteiger partial charge is 0.192 e. The molecule has 0 heterocycles. The zero-order chi connectivity index (χ0) is 27.3. The second-order valence-corrected chi connectivity index (χ2v) is 16.1. The van der Waals surface area contributed by atoms with Crippen LogP contribution in [0.1, 0.15) is 113 Å². The molecular formula is C31H69N3OSi. The van der Waals surface area contributed by atoms with Crippen molar-refractivity contribution < 1.29 is 4.43 Å². The van der Waals surface area contributed by atoms with Gasteiger partial charge in [-0.05, 0) is 140 Å². The van der Waals surface area contributed by atoms with Gasteiger partial charge in [0.05, 0.1) is 0 Å². The Morgan fingerprint density at radius 1 is 0.472 bits per heavy atom. The summed E-state index contributed by atoms with van der Waals surface area (Å²) in [6, 6.07) is 3.83. The lowest BCUT2D eigenvalue weighted by Crippen LogP contribution is -2.46. The first-order chi connectivity index (χ1) is 17.4. The monoisotopic (exact) mass is 528 g/mol. The Kier molecular flexibility index (Phi) is 22.0. The van der Waals surface area contributed by atoms with Crippen LogP contribution in [0.15, 0.2) is 0 Å². The zero-order valence-electron chi connectivity index (χ0n) is 26.6. The largest absolute Gasteiger partial charge is 0.420 e. The minimum absolute atomic E-state index is 0.382. The predicted octanol–water partition coefficient (Wildman–Crippen LogP) is 8.14. The first-order valence-electron chi connectivity index (χ1n) is 16.1. The topological polar surface area (TPSA) is 19.0 Å². The van der Waals surface area contributed by atoms with Gasteiger partial charge in [-0.1, -0.05) is 55.4 Å². The van der Waals surface area contributed by atoms with Gasteiger partial charge in [0.25, 0.3) is 0 Å². The van der Waals surface area contributed by atoms with Crippen molar-refractivity contribution in [2.75, 3.05) is 66.0 Å². The molecule has 0 spiro atoms. The molecular weight excluding hydrogens is 458 g/mol. The molecule has 0 rings (SSSR count). The summed E-state index contributed by atoms with van der Waals surface area (Å²) in [5.41, 5.74) is 0.382. The highest BCUT2D eigenvalue weighted by Crippen LogP contribution is 2.43. The van der Waals surface area contributed by atoms with Gasteiger partial charge in [-0.25, -0.2) is 0 Å². The Bertz CT molecular complexity index is 410. The minimum atomic E-state index is -1.74. The fourth-order valence-electron chi connectivity index (χ4n) is 6.27. The molecule has 0 bridgehead atoms. The molecule has 0 atom stereocenters. The van der Waals surface area contributed by atoms with Crippen LogP contribution in [0, 0.1) is 5.41 Å². The van der Waals surface area contributed by atoms with Crippen molar-refractivity contribution in [2.24, 2.45) is 5.41 Å². The van der Waals surface area contributed by atoms with Crippen molar-refractivity contribution in [1.82, 2.24) is 14.7 Å². The molecule has 5 heteroatoms. The van der Waals surface area contributed by atoms with Crippen molar-refractivity contribution in [3.63, 3.8) is 0 Å². The van der Waals surface area contributed by atoms with Gasteiger partial charge in [0, 0.05) is 7.11 Å². The third-order valence-corrected chi connectivity index (χ3v) is 13.4. The van der Waals surface area contributed by atoms with Crippen molar-refractivity contribution in [2.45, 2.75) is 131 Å².